The van der Waals surface area contributed by atoms with Crippen LogP contribution in [0.2, 0.25) is 0 Å². The second kappa shape index (κ2) is 2.26. The molecule has 4 N–H and O–H groups in total. The van der Waals surface area contributed by atoms with Gasteiger partial charge in [0.2, 0.25) is 5.95 Å². The molecule has 0 aliphatic heterocycles. The van der Waals surface area contributed by atoms with E-state index in [4.69, 9.17) is 23.7 Å². The van der Waals surface area contributed by atoms with Gasteiger partial charge < -0.3 is 16.0 Å². The number of rotatable bonds is 0. The van der Waals surface area contributed by atoms with Gasteiger partial charge in [-0.15, -0.1) is 0 Å². The van der Waals surface area contributed by atoms with Crippen molar-refractivity contribution >= 4 is 24.0 Å². The molecule has 0 aliphatic carbocycles. The maximum absolute atomic E-state index is 5.43. The van der Waals surface area contributed by atoms with Crippen molar-refractivity contribution in [2.75, 3.05) is 11.5 Å². The molecule has 4 nitrogen and oxygen atoms in total. The fourth-order valence-corrected chi connectivity index (χ4v) is 0.790. The molecule has 0 fully saturated rings. The standard InChI is InChI=1S/C5H8N4S/c1-9-4(10)2-3(6)8-5(9)7/h2H,6H2,1H3,(H2,7,8). The second-order valence-electron chi connectivity index (χ2n) is 1.94. The second-order valence-corrected chi connectivity index (χ2v) is 2.35. The number of nitrogens with two attached hydrogens (primary N) is 2. The molecule has 1 aromatic rings. The summed E-state index contributed by atoms with van der Waals surface area (Å²) in [6.07, 6.45) is 0. The molecule has 10 heavy (non-hydrogen) atoms. The third-order valence-corrected chi connectivity index (χ3v) is 1.58. The van der Waals surface area contributed by atoms with Crippen molar-refractivity contribution < 1.29 is 0 Å². The third-order valence-electron chi connectivity index (χ3n) is 1.19. The minimum absolute atomic E-state index is 0.338. The Hall–Kier alpha value is -1.10. The number of hydrogen-bond donors (Lipinski definition) is 2. The Kier molecular flexibility index (Phi) is 1.58. The molecule has 0 spiro atoms. The first-order chi connectivity index (χ1) is 4.61. The molecule has 54 valence electrons. The van der Waals surface area contributed by atoms with Gasteiger partial charge in [0.15, 0.2) is 0 Å². The molecule has 0 aromatic carbocycles. The van der Waals surface area contributed by atoms with Crippen molar-refractivity contribution in [1.82, 2.24) is 9.55 Å². The van der Waals surface area contributed by atoms with Gasteiger partial charge in [0, 0.05) is 13.1 Å². The van der Waals surface area contributed by atoms with Gasteiger partial charge in [-0.1, -0.05) is 12.2 Å². The van der Waals surface area contributed by atoms with E-state index in [-0.39, 0.29) is 0 Å². The molecular weight excluding hydrogens is 148 g/mol. The molecule has 0 aliphatic rings. The minimum atomic E-state index is 0.338. The lowest BCUT2D eigenvalue weighted by atomic mass is 10.6. The lowest BCUT2D eigenvalue weighted by molar-refractivity contribution is 0.871. The summed E-state index contributed by atoms with van der Waals surface area (Å²) in [6, 6.07) is 1.59. The van der Waals surface area contributed by atoms with Gasteiger partial charge in [0.25, 0.3) is 0 Å². The van der Waals surface area contributed by atoms with E-state index >= 15 is 0 Å². The summed E-state index contributed by atoms with van der Waals surface area (Å²) >= 11 is 4.89. The molecule has 0 saturated heterocycles. The molecule has 5 heteroatoms. The van der Waals surface area contributed by atoms with Crippen LogP contribution in [0.25, 0.3) is 0 Å². The largest absolute Gasteiger partial charge is 0.383 e. The van der Waals surface area contributed by atoms with Crippen molar-refractivity contribution in [2.24, 2.45) is 7.05 Å². The minimum Gasteiger partial charge on any atom is -0.383 e. The van der Waals surface area contributed by atoms with Crippen molar-refractivity contribution in [3.8, 4) is 0 Å². The molecule has 0 bridgehead atoms. The smallest absolute Gasteiger partial charge is 0.202 e. The molecule has 1 rings (SSSR count). The summed E-state index contributed by atoms with van der Waals surface area (Å²) in [5.74, 6) is 0.700. The third kappa shape index (κ3) is 1.08. The van der Waals surface area contributed by atoms with E-state index in [0.717, 1.165) is 0 Å². The quantitative estimate of drug-likeness (QED) is 0.530. The van der Waals surface area contributed by atoms with E-state index in [2.05, 4.69) is 4.98 Å². The SMILES string of the molecule is Cn1c(N)nc(N)cc1=S. The van der Waals surface area contributed by atoms with Gasteiger partial charge >= 0.3 is 0 Å². The summed E-state index contributed by atoms with van der Waals surface area (Å²) < 4.78 is 2.18. The summed E-state index contributed by atoms with van der Waals surface area (Å²) in [7, 11) is 1.74. The molecule has 0 atom stereocenters. The van der Waals surface area contributed by atoms with Crippen molar-refractivity contribution in [2.45, 2.75) is 0 Å². The lowest BCUT2D eigenvalue weighted by Gasteiger charge is -2.02. The van der Waals surface area contributed by atoms with Crippen LogP contribution in [-0.2, 0) is 7.05 Å². The van der Waals surface area contributed by atoms with Crippen LogP contribution in [0.3, 0.4) is 0 Å². The number of nitrogen functional groups attached to an aromatic ring is 2. The van der Waals surface area contributed by atoms with Gasteiger partial charge in [0.1, 0.15) is 10.5 Å². The summed E-state index contributed by atoms with van der Waals surface area (Å²) in [5.41, 5.74) is 10.8. The van der Waals surface area contributed by atoms with Gasteiger partial charge in [-0.2, -0.15) is 4.98 Å². The van der Waals surface area contributed by atoms with Crippen LogP contribution in [0.4, 0.5) is 11.8 Å². The number of aromatic nitrogens is 2. The fourth-order valence-electron chi connectivity index (χ4n) is 0.576. The molecule has 1 heterocycles. The number of hydrogen-bond acceptors (Lipinski definition) is 4. The Balaban J connectivity index is 3.46. The Labute approximate surface area is 63.5 Å². The zero-order chi connectivity index (χ0) is 7.72. The zero-order valence-electron chi connectivity index (χ0n) is 5.53. The van der Waals surface area contributed by atoms with Crippen molar-refractivity contribution in [3.63, 3.8) is 0 Å². The van der Waals surface area contributed by atoms with Crippen LogP contribution in [0.1, 0.15) is 0 Å². The van der Waals surface area contributed by atoms with Crippen molar-refractivity contribution in [3.05, 3.63) is 10.7 Å². The maximum atomic E-state index is 5.43. The summed E-state index contributed by atoms with van der Waals surface area (Å²) in [4.78, 5) is 3.79. The van der Waals surface area contributed by atoms with E-state index in [1.54, 1.807) is 17.7 Å². The highest BCUT2D eigenvalue weighted by atomic mass is 32.1. The van der Waals surface area contributed by atoms with Gasteiger partial charge in [-0.05, 0) is 0 Å². The predicted octanol–water partition coefficient (Wildman–Crippen LogP) is 0.314. The molecule has 0 amide bonds. The summed E-state index contributed by atoms with van der Waals surface area (Å²) in [5, 5.41) is 0. The Morgan fingerprint density at radius 3 is 2.70 bits per heavy atom. The van der Waals surface area contributed by atoms with E-state index in [0.29, 0.717) is 16.4 Å². The first kappa shape index (κ1) is 7.01. The maximum Gasteiger partial charge on any atom is 0.202 e. The molecular formula is C5H8N4S. The molecule has 0 saturated carbocycles. The number of nitrogens with zero attached hydrogens (tertiary/aromatic N) is 2. The van der Waals surface area contributed by atoms with Crippen LogP contribution in [0.15, 0.2) is 6.07 Å². The van der Waals surface area contributed by atoms with Crippen LogP contribution in [0, 0.1) is 4.64 Å². The van der Waals surface area contributed by atoms with Crippen LogP contribution < -0.4 is 11.5 Å². The van der Waals surface area contributed by atoms with Crippen LogP contribution >= 0.6 is 12.2 Å². The van der Waals surface area contributed by atoms with E-state index in [9.17, 15) is 0 Å². The average molecular weight is 156 g/mol. The molecule has 0 radical (unpaired) electrons. The van der Waals surface area contributed by atoms with Crippen LogP contribution in [-0.4, -0.2) is 9.55 Å². The lowest BCUT2D eigenvalue weighted by Crippen LogP contribution is -2.06. The first-order valence-electron chi connectivity index (χ1n) is 2.70. The van der Waals surface area contributed by atoms with Gasteiger partial charge in [0.05, 0.1) is 0 Å². The highest BCUT2D eigenvalue weighted by molar-refractivity contribution is 7.71. The monoisotopic (exact) mass is 156 g/mol. The Morgan fingerprint density at radius 1 is 1.60 bits per heavy atom. The zero-order valence-corrected chi connectivity index (χ0v) is 6.35. The predicted molar refractivity (Wildman–Crippen MR) is 42.9 cm³/mol. The highest BCUT2D eigenvalue weighted by Gasteiger charge is 1.93. The topological polar surface area (TPSA) is 69.9 Å². The Morgan fingerprint density at radius 2 is 2.20 bits per heavy atom. The van der Waals surface area contributed by atoms with Gasteiger partial charge in [-0.25, -0.2) is 0 Å². The van der Waals surface area contributed by atoms with Gasteiger partial charge in [-0.3, -0.25) is 0 Å². The number of anilines is 2. The average Bonchev–Trinajstić information content (AvgIpc) is 1.82. The van der Waals surface area contributed by atoms with E-state index in [1.165, 1.54) is 0 Å². The first-order valence-corrected chi connectivity index (χ1v) is 3.11. The fraction of sp³-hybridized carbons (Fsp3) is 0.200. The van der Waals surface area contributed by atoms with Crippen LogP contribution in [0.5, 0.6) is 0 Å². The molecule has 0 unspecified atom stereocenters. The normalized spacial score (nSPS) is 9.70. The van der Waals surface area contributed by atoms with Crippen molar-refractivity contribution in [1.29, 1.82) is 0 Å². The van der Waals surface area contributed by atoms with E-state index in [1.807, 2.05) is 0 Å². The Bertz CT molecular complexity index is 303. The molecule has 1 aromatic heterocycles. The summed E-state index contributed by atoms with van der Waals surface area (Å²) in [6.45, 7) is 0. The highest BCUT2D eigenvalue weighted by Crippen LogP contribution is 2.02. The van der Waals surface area contributed by atoms with E-state index < -0.39 is 0 Å².